The highest BCUT2D eigenvalue weighted by atomic mass is 15.0. The van der Waals surface area contributed by atoms with Gasteiger partial charge in [0.15, 0.2) is 0 Å². The third-order valence-corrected chi connectivity index (χ3v) is 5.50. The van der Waals surface area contributed by atoms with Gasteiger partial charge in [-0.15, -0.1) is 0 Å². The SMILES string of the molecule is CCc1ccc(CNC2CCC23CCCCC3)cc1. The van der Waals surface area contributed by atoms with Crippen LogP contribution in [0, 0.1) is 5.41 Å². The Labute approximate surface area is 117 Å². The van der Waals surface area contributed by atoms with Crippen molar-refractivity contribution in [1.82, 2.24) is 5.32 Å². The molecule has 0 heterocycles. The van der Waals surface area contributed by atoms with Crippen molar-refractivity contribution in [1.29, 1.82) is 0 Å². The van der Waals surface area contributed by atoms with Gasteiger partial charge >= 0.3 is 0 Å². The van der Waals surface area contributed by atoms with Gasteiger partial charge in [0.05, 0.1) is 0 Å². The van der Waals surface area contributed by atoms with Gasteiger partial charge in [0.1, 0.15) is 0 Å². The lowest BCUT2D eigenvalue weighted by Crippen LogP contribution is -2.53. The first-order valence-electron chi connectivity index (χ1n) is 8.14. The highest BCUT2D eigenvalue weighted by molar-refractivity contribution is 5.22. The van der Waals surface area contributed by atoms with Crippen molar-refractivity contribution in [2.24, 2.45) is 5.41 Å². The normalized spacial score (nSPS) is 25.2. The van der Waals surface area contributed by atoms with Crippen molar-refractivity contribution in [2.45, 2.75) is 70.9 Å². The number of hydrogen-bond acceptors (Lipinski definition) is 1. The van der Waals surface area contributed by atoms with E-state index >= 15 is 0 Å². The summed E-state index contributed by atoms with van der Waals surface area (Å²) >= 11 is 0. The Bertz CT molecular complexity index is 400. The Morgan fingerprint density at radius 1 is 1.00 bits per heavy atom. The molecular weight excluding hydrogens is 230 g/mol. The fourth-order valence-electron chi connectivity index (χ4n) is 4.00. The fraction of sp³-hybridized carbons (Fsp3) is 0.667. The van der Waals surface area contributed by atoms with Crippen LogP contribution in [-0.4, -0.2) is 6.04 Å². The molecule has 1 unspecified atom stereocenters. The van der Waals surface area contributed by atoms with E-state index < -0.39 is 0 Å². The lowest BCUT2D eigenvalue weighted by atomic mass is 9.57. The van der Waals surface area contributed by atoms with E-state index in [1.807, 2.05) is 0 Å². The van der Waals surface area contributed by atoms with Crippen LogP contribution >= 0.6 is 0 Å². The Hall–Kier alpha value is -0.820. The van der Waals surface area contributed by atoms with E-state index in [4.69, 9.17) is 0 Å². The third kappa shape index (κ3) is 2.72. The van der Waals surface area contributed by atoms with Gasteiger partial charge in [-0.1, -0.05) is 50.5 Å². The largest absolute Gasteiger partial charge is 0.309 e. The maximum Gasteiger partial charge on any atom is 0.0208 e. The summed E-state index contributed by atoms with van der Waals surface area (Å²) in [4.78, 5) is 0. The molecule has 2 fully saturated rings. The van der Waals surface area contributed by atoms with Gasteiger partial charge in [-0.05, 0) is 48.6 Å². The first-order valence-corrected chi connectivity index (χ1v) is 8.14. The molecular formula is C18H27N. The van der Waals surface area contributed by atoms with Crippen LogP contribution in [0.15, 0.2) is 24.3 Å². The predicted molar refractivity (Wildman–Crippen MR) is 81.2 cm³/mol. The summed E-state index contributed by atoms with van der Waals surface area (Å²) in [7, 11) is 0. The molecule has 1 aromatic carbocycles. The molecule has 0 saturated heterocycles. The molecule has 0 radical (unpaired) electrons. The lowest BCUT2D eigenvalue weighted by Gasteiger charge is -2.52. The van der Waals surface area contributed by atoms with Crippen molar-refractivity contribution >= 4 is 0 Å². The molecule has 0 aromatic heterocycles. The lowest BCUT2D eigenvalue weighted by molar-refractivity contribution is 0.0221. The Kier molecular flexibility index (Phi) is 3.93. The highest BCUT2D eigenvalue weighted by Gasteiger charge is 2.46. The van der Waals surface area contributed by atoms with E-state index in [2.05, 4.69) is 36.5 Å². The average Bonchev–Trinajstić information content (AvgIpc) is 2.48. The molecule has 1 spiro atoms. The molecule has 0 amide bonds. The van der Waals surface area contributed by atoms with Crippen LogP contribution in [-0.2, 0) is 13.0 Å². The quantitative estimate of drug-likeness (QED) is 0.840. The summed E-state index contributed by atoms with van der Waals surface area (Å²) in [5, 5.41) is 3.83. The Morgan fingerprint density at radius 2 is 1.68 bits per heavy atom. The number of hydrogen-bond donors (Lipinski definition) is 1. The summed E-state index contributed by atoms with van der Waals surface area (Å²) in [6.07, 6.45) is 11.3. The van der Waals surface area contributed by atoms with E-state index in [0.29, 0.717) is 5.41 Å². The molecule has 1 aromatic rings. The maximum atomic E-state index is 3.83. The number of benzene rings is 1. The number of aryl methyl sites for hydroxylation is 1. The smallest absolute Gasteiger partial charge is 0.0208 e. The van der Waals surface area contributed by atoms with Crippen molar-refractivity contribution in [3.63, 3.8) is 0 Å². The van der Waals surface area contributed by atoms with Gasteiger partial charge in [0.2, 0.25) is 0 Å². The number of rotatable bonds is 4. The van der Waals surface area contributed by atoms with Gasteiger partial charge in [-0.3, -0.25) is 0 Å². The minimum atomic E-state index is 0.682. The molecule has 19 heavy (non-hydrogen) atoms. The van der Waals surface area contributed by atoms with E-state index in [1.165, 1.54) is 56.1 Å². The molecule has 2 aliphatic rings. The molecule has 2 aliphatic carbocycles. The molecule has 0 aliphatic heterocycles. The van der Waals surface area contributed by atoms with Crippen LogP contribution in [0.3, 0.4) is 0 Å². The third-order valence-electron chi connectivity index (χ3n) is 5.50. The van der Waals surface area contributed by atoms with Gasteiger partial charge < -0.3 is 5.32 Å². The van der Waals surface area contributed by atoms with Crippen molar-refractivity contribution in [2.75, 3.05) is 0 Å². The fourth-order valence-corrected chi connectivity index (χ4v) is 4.00. The molecule has 1 heteroatoms. The first-order chi connectivity index (χ1) is 9.32. The zero-order valence-corrected chi connectivity index (χ0v) is 12.3. The summed E-state index contributed by atoms with van der Waals surface area (Å²) in [5.41, 5.74) is 3.56. The van der Waals surface area contributed by atoms with Gasteiger partial charge in [-0.25, -0.2) is 0 Å². The topological polar surface area (TPSA) is 12.0 Å². The number of nitrogens with one attached hydrogen (secondary N) is 1. The van der Waals surface area contributed by atoms with Crippen LogP contribution in [0.2, 0.25) is 0 Å². The maximum absolute atomic E-state index is 3.83. The van der Waals surface area contributed by atoms with Crippen LogP contribution < -0.4 is 5.32 Å². The summed E-state index contributed by atoms with van der Waals surface area (Å²) in [5.74, 6) is 0. The van der Waals surface area contributed by atoms with Gasteiger partial charge in [0, 0.05) is 12.6 Å². The van der Waals surface area contributed by atoms with E-state index in [-0.39, 0.29) is 0 Å². The van der Waals surface area contributed by atoms with Gasteiger partial charge in [-0.2, -0.15) is 0 Å². The summed E-state index contributed by atoms with van der Waals surface area (Å²) in [6, 6.07) is 9.91. The van der Waals surface area contributed by atoms with E-state index in [0.717, 1.165) is 19.0 Å². The van der Waals surface area contributed by atoms with Crippen molar-refractivity contribution in [3.05, 3.63) is 35.4 Å². The Balaban J connectivity index is 1.54. The van der Waals surface area contributed by atoms with Crippen molar-refractivity contribution < 1.29 is 0 Å². The second-order valence-corrected chi connectivity index (χ2v) is 6.57. The monoisotopic (exact) mass is 257 g/mol. The van der Waals surface area contributed by atoms with Crippen LogP contribution in [0.5, 0.6) is 0 Å². The van der Waals surface area contributed by atoms with Crippen molar-refractivity contribution in [3.8, 4) is 0 Å². The summed E-state index contributed by atoms with van der Waals surface area (Å²) in [6.45, 7) is 3.27. The molecule has 104 valence electrons. The van der Waals surface area contributed by atoms with Gasteiger partial charge in [0.25, 0.3) is 0 Å². The molecule has 1 N–H and O–H groups in total. The molecule has 1 atom stereocenters. The van der Waals surface area contributed by atoms with Crippen LogP contribution in [0.1, 0.15) is 63.0 Å². The zero-order chi connectivity index (χ0) is 13.1. The second-order valence-electron chi connectivity index (χ2n) is 6.57. The van der Waals surface area contributed by atoms with Crippen LogP contribution in [0.25, 0.3) is 0 Å². The molecule has 3 rings (SSSR count). The minimum absolute atomic E-state index is 0.682. The van der Waals surface area contributed by atoms with E-state index in [9.17, 15) is 0 Å². The highest BCUT2D eigenvalue weighted by Crippen LogP contribution is 2.51. The predicted octanol–water partition coefficient (Wildman–Crippen LogP) is 4.45. The second kappa shape index (κ2) is 5.66. The standard InChI is InChI=1S/C18H27N/c1-2-15-6-8-16(9-7-15)14-19-17-10-13-18(17)11-4-3-5-12-18/h6-9,17,19H,2-5,10-14H2,1H3. The minimum Gasteiger partial charge on any atom is -0.309 e. The summed E-state index contributed by atoms with van der Waals surface area (Å²) < 4.78 is 0. The van der Waals surface area contributed by atoms with E-state index in [1.54, 1.807) is 0 Å². The Morgan fingerprint density at radius 3 is 2.26 bits per heavy atom. The molecule has 2 saturated carbocycles. The molecule has 0 bridgehead atoms. The first kappa shape index (κ1) is 13.2. The zero-order valence-electron chi connectivity index (χ0n) is 12.3. The average molecular weight is 257 g/mol. The van der Waals surface area contributed by atoms with Crippen LogP contribution in [0.4, 0.5) is 0 Å². The molecule has 1 nitrogen and oxygen atoms in total.